The zero-order valence-electron chi connectivity index (χ0n) is 9.77. The van der Waals surface area contributed by atoms with Crippen LogP contribution in [0.2, 0.25) is 0 Å². The largest absolute Gasteiger partial charge is 0.478 e. The van der Waals surface area contributed by atoms with Gasteiger partial charge in [0.25, 0.3) is 10.1 Å². The molecular weight excluding hydrogens is 288 g/mol. The highest BCUT2D eigenvalue weighted by atomic mass is 32.2. The number of carboxylic acid groups (broad SMARTS) is 2. The molecule has 2 aromatic carbocycles. The maximum Gasteiger partial charge on any atom is 0.337 e. The van der Waals surface area contributed by atoms with Crippen LogP contribution in [-0.2, 0) is 10.1 Å². The first-order valence-corrected chi connectivity index (χ1v) is 6.67. The molecule has 0 fully saturated rings. The van der Waals surface area contributed by atoms with E-state index in [0.717, 1.165) is 6.07 Å². The van der Waals surface area contributed by atoms with E-state index in [1.807, 2.05) is 0 Å². The Morgan fingerprint density at radius 3 is 1.85 bits per heavy atom. The fourth-order valence-corrected chi connectivity index (χ4v) is 2.84. The first-order chi connectivity index (χ1) is 9.23. The third-order valence-electron chi connectivity index (χ3n) is 2.71. The Balaban J connectivity index is 3.12. The molecule has 0 atom stereocenters. The fourth-order valence-electron chi connectivity index (χ4n) is 1.96. The molecule has 104 valence electrons. The van der Waals surface area contributed by atoms with Crippen LogP contribution >= 0.6 is 0 Å². The average Bonchev–Trinajstić information content (AvgIpc) is 2.34. The van der Waals surface area contributed by atoms with Gasteiger partial charge in [0.2, 0.25) is 0 Å². The van der Waals surface area contributed by atoms with E-state index in [4.69, 9.17) is 10.2 Å². The molecule has 0 aliphatic rings. The van der Waals surface area contributed by atoms with Gasteiger partial charge in [-0.3, -0.25) is 4.55 Å². The van der Waals surface area contributed by atoms with E-state index >= 15 is 0 Å². The molecule has 2 rings (SSSR count). The van der Waals surface area contributed by atoms with Crippen LogP contribution in [0.25, 0.3) is 10.8 Å². The Labute approximate surface area is 112 Å². The Bertz CT molecular complexity index is 836. The first-order valence-electron chi connectivity index (χ1n) is 5.23. The third kappa shape index (κ3) is 2.22. The SMILES string of the molecule is O=C(O)c1cc(C(=O)O)c2ccccc2c1S(=O)(=O)O. The van der Waals surface area contributed by atoms with E-state index in [2.05, 4.69) is 0 Å². The number of hydrogen-bond donors (Lipinski definition) is 3. The number of benzene rings is 2. The normalized spacial score (nSPS) is 11.4. The maximum atomic E-state index is 11.4. The monoisotopic (exact) mass is 296 g/mol. The predicted molar refractivity (Wildman–Crippen MR) is 67.7 cm³/mol. The number of hydrogen-bond acceptors (Lipinski definition) is 4. The van der Waals surface area contributed by atoms with Crippen LogP contribution in [0.1, 0.15) is 20.7 Å². The summed E-state index contributed by atoms with van der Waals surface area (Å²) in [6, 6.07) is 6.17. The van der Waals surface area contributed by atoms with Crippen molar-refractivity contribution in [2.75, 3.05) is 0 Å². The Morgan fingerprint density at radius 2 is 1.40 bits per heavy atom. The molecule has 8 heteroatoms. The minimum atomic E-state index is -4.82. The van der Waals surface area contributed by atoms with Gasteiger partial charge < -0.3 is 10.2 Å². The van der Waals surface area contributed by atoms with E-state index in [-0.39, 0.29) is 16.3 Å². The lowest BCUT2D eigenvalue weighted by molar-refractivity contribution is 0.0692. The molecule has 0 aliphatic heterocycles. The molecule has 0 amide bonds. The van der Waals surface area contributed by atoms with E-state index in [9.17, 15) is 22.6 Å². The average molecular weight is 296 g/mol. The van der Waals surface area contributed by atoms with Crippen LogP contribution in [0.15, 0.2) is 35.2 Å². The van der Waals surface area contributed by atoms with Gasteiger partial charge in [0.1, 0.15) is 4.90 Å². The number of carbonyl (C=O) groups is 2. The summed E-state index contributed by atoms with van der Waals surface area (Å²) in [5.41, 5.74) is -1.14. The van der Waals surface area contributed by atoms with Crippen LogP contribution in [0.5, 0.6) is 0 Å². The van der Waals surface area contributed by atoms with Crippen molar-refractivity contribution in [2.45, 2.75) is 4.90 Å². The summed E-state index contributed by atoms with van der Waals surface area (Å²) in [5.74, 6) is -3.04. The molecule has 2 aromatic rings. The van der Waals surface area contributed by atoms with Crippen molar-refractivity contribution >= 4 is 32.8 Å². The van der Waals surface area contributed by atoms with Gasteiger partial charge in [0, 0.05) is 5.39 Å². The van der Waals surface area contributed by atoms with Gasteiger partial charge in [-0.25, -0.2) is 9.59 Å². The summed E-state index contributed by atoms with van der Waals surface area (Å²) in [4.78, 5) is 21.5. The predicted octanol–water partition coefficient (Wildman–Crippen LogP) is 1.48. The van der Waals surface area contributed by atoms with E-state index < -0.39 is 32.5 Å². The van der Waals surface area contributed by atoms with Gasteiger partial charge in [-0.15, -0.1) is 0 Å². The molecule has 3 N–H and O–H groups in total. The first kappa shape index (κ1) is 14.0. The van der Waals surface area contributed by atoms with Gasteiger partial charge in [0.15, 0.2) is 0 Å². The summed E-state index contributed by atoms with van der Waals surface area (Å²) in [7, 11) is -4.82. The Hall–Kier alpha value is -2.45. The molecular formula is C12H8O7S. The zero-order valence-corrected chi connectivity index (χ0v) is 10.6. The Morgan fingerprint density at radius 1 is 0.900 bits per heavy atom. The van der Waals surface area contributed by atoms with Crippen LogP contribution in [-0.4, -0.2) is 35.1 Å². The van der Waals surface area contributed by atoms with Crippen LogP contribution < -0.4 is 0 Å². The summed E-state index contributed by atoms with van der Waals surface area (Å²) in [6.07, 6.45) is 0. The smallest absolute Gasteiger partial charge is 0.337 e. The van der Waals surface area contributed by atoms with Crippen LogP contribution in [0.4, 0.5) is 0 Å². The minimum Gasteiger partial charge on any atom is -0.478 e. The van der Waals surface area contributed by atoms with Gasteiger partial charge in [-0.1, -0.05) is 24.3 Å². The Kier molecular flexibility index (Phi) is 3.20. The molecule has 0 aliphatic carbocycles. The summed E-state index contributed by atoms with van der Waals surface area (Å²) in [6.45, 7) is 0. The fraction of sp³-hybridized carbons (Fsp3) is 0. The van der Waals surface area contributed by atoms with Gasteiger partial charge in [-0.2, -0.15) is 8.42 Å². The van der Waals surface area contributed by atoms with Crippen LogP contribution in [0.3, 0.4) is 0 Å². The second-order valence-corrected chi connectivity index (χ2v) is 5.29. The molecule has 0 radical (unpaired) electrons. The van der Waals surface area contributed by atoms with Crippen molar-refractivity contribution in [1.29, 1.82) is 0 Å². The second kappa shape index (κ2) is 4.58. The summed E-state index contributed by atoms with van der Waals surface area (Å²) < 4.78 is 32.0. The van der Waals surface area contributed by atoms with Crippen molar-refractivity contribution in [2.24, 2.45) is 0 Å². The second-order valence-electron chi connectivity index (χ2n) is 3.93. The lowest BCUT2D eigenvalue weighted by Crippen LogP contribution is -2.12. The van der Waals surface area contributed by atoms with Crippen molar-refractivity contribution < 1.29 is 32.8 Å². The van der Waals surface area contributed by atoms with E-state index in [1.165, 1.54) is 24.3 Å². The summed E-state index contributed by atoms with van der Waals surface area (Å²) in [5, 5.41) is 18.0. The number of carboxylic acids is 2. The molecule has 0 saturated carbocycles. The number of fused-ring (bicyclic) bond motifs is 1. The molecule has 0 heterocycles. The minimum absolute atomic E-state index is 0.0256. The third-order valence-corrected chi connectivity index (χ3v) is 3.67. The van der Waals surface area contributed by atoms with E-state index in [1.54, 1.807) is 0 Å². The number of rotatable bonds is 3. The molecule has 7 nitrogen and oxygen atoms in total. The van der Waals surface area contributed by atoms with Crippen LogP contribution in [0, 0.1) is 0 Å². The molecule has 20 heavy (non-hydrogen) atoms. The van der Waals surface area contributed by atoms with Gasteiger partial charge in [-0.05, 0) is 11.5 Å². The molecule has 0 bridgehead atoms. The van der Waals surface area contributed by atoms with Crippen molar-refractivity contribution in [3.63, 3.8) is 0 Å². The maximum absolute atomic E-state index is 11.4. The summed E-state index contributed by atoms with van der Waals surface area (Å²) >= 11 is 0. The lowest BCUT2D eigenvalue weighted by atomic mass is 10.0. The molecule has 0 aromatic heterocycles. The van der Waals surface area contributed by atoms with Crippen molar-refractivity contribution in [3.05, 3.63) is 41.5 Å². The molecule has 0 saturated heterocycles. The molecule has 0 spiro atoms. The number of aromatic carboxylic acids is 2. The highest BCUT2D eigenvalue weighted by molar-refractivity contribution is 7.86. The highest BCUT2D eigenvalue weighted by Gasteiger charge is 2.26. The van der Waals surface area contributed by atoms with Gasteiger partial charge >= 0.3 is 11.9 Å². The zero-order chi connectivity index (χ0) is 15.1. The molecule has 0 unspecified atom stereocenters. The standard InChI is InChI=1S/C12H8O7S/c13-11(14)8-5-9(12(15)16)10(20(17,18)19)7-4-2-1-3-6(7)8/h1-5H,(H,13,14)(H,15,16)(H,17,18,19). The quantitative estimate of drug-likeness (QED) is 0.731. The highest BCUT2D eigenvalue weighted by Crippen LogP contribution is 2.30. The van der Waals surface area contributed by atoms with E-state index in [0.29, 0.717) is 0 Å². The lowest BCUT2D eigenvalue weighted by Gasteiger charge is -2.10. The van der Waals surface area contributed by atoms with Crippen molar-refractivity contribution in [3.8, 4) is 0 Å². The van der Waals surface area contributed by atoms with Crippen molar-refractivity contribution in [1.82, 2.24) is 0 Å². The van der Waals surface area contributed by atoms with Gasteiger partial charge in [0.05, 0.1) is 11.1 Å². The topological polar surface area (TPSA) is 129 Å².